The van der Waals surface area contributed by atoms with Crippen molar-refractivity contribution in [3.05, 3.63) is 0 Å². The van der Waals surface area contributed by atoms with Crippen LogP contribution in [0.3, 0.4) is 0 Å². The van der Waals surface area contributed by atoms with Crippen molar-refractivity contribution in [3.63, 3.8) is 0 Å². The van der Waals surface area contributed by atoms with Crippen molar-refractivity contribution in [2.24, 2.45) is 5.92 Å². The van der Waals surface area contributed by atoms with Crippen molar-refractivity contribution in [1.82, 2.24) is 4.90 Å². The van der Waals surface area contributed by atoms with Gasteiger partial charge in [0.2, 0.25) is 0 Å². The van der Waals surface area contributed by atoms with Crippen molar-refractivity contribution in [1.29, 1.82) is 0 Å². The molecule has 2 rings (SSSR count). The van der Waals surface area contributed by atoms with E-state index in [-0.39, 0.29) is 57.3 Å². The standard InChI is InChI=1S/C9H16BF3N.K/c11-10(12,13)6-8-2-1-5-14(7-8)9-3-4-9;/h8-9H,1-7H2;/q-1;+1. The first-order valence-corrected chi connectivity index (χ1v) is 5.49. The second kappa shape index (κ2) is 5.87. The van der Waals surface area contributed by atoms with Gasteiger partial charge in [-0.2, -0.15) is 0 Å². The minimum absolute atomic E-state index is 0. The van der Waals surface area contributed by atoms with Gasteiger partial charge in [0.25, 0.3) is 0 Å². The number of hydrogen-bond acceptors (Lipinski definition) is 1. The summed E-state index contributed by atoms with van der Waals surface area (Å²) in [5.74, 6) is -0.121. The van der Waals surface area contributed by atoms with Gasteiger partial charge in [0, 0.05) is 6.04 Å². The van der Waals surface area contributed by atoms with Gasteiger partial charge in [-0.3, -0.25) is 0 Å². The zero-order valence-corrected chi connectivity index (χ0v) is 12.4. The molecule has 1 aliphatic heterocycles. The summed E-state index contributed by atoms with van der Waals surface area (Å²) in [5, 5.41) is 0. The molecular weight excluding hydrogens is 229 g/mol. The van der Waals surface area contributed by atoms with E-state index < -0.39 is 13.3 Å². The molecule has 1 atom stereocenters. The van der Waals surface area contributed by atoms with Crippen LogP contribution in [0.4, 0.5) is 12.9 Å². The fourth-order valence-electron chi connectivity index (χ4n) is 2.44. The van der Waals surface area contributed by atoms with Gasteiger partial charge in [-0.1, -0.05) is 18.7 Å². The van der Waals surface area contributed by atoms with E-state index in [1.165, 1.54) is 12.8 Å². The quantitative estimate of drug-likeness (QED) is 0.618. The third-order valence-electron chi connectivity index (χ3n) is 3.21. The van der Waals surface area contributed by atoms with Crippen LogP contribution in [-0.4, -0.2) is 31.0 Å². The van der Waals surface area contributed by atoms with Crippen LogP contribution in [0.5, 0.6) is 0 Å². The molecule has 0 bridgehead atoms. The molecule has 1 aliphatic carbocycles. The number of nitrogens with zero attached hydrogens (tertiary/aromatic N) is 1. The Morgan fingerprint density at radius 3 is 2.33 bits per heavy atom. The Morgan fingerprint density at radius 2 is 1.80 bits per heavy atom. The molecule has 2 aliphatic rings. The van der Waals surface area contributed by atoms with E-state index in [9.17, 15) is 12.9 Å². The predicted molar refractivity (Wildman–Crippen MR) is 51.2 cm³/mol. The Hall–Kier alpha value is 1.45. The Bertz CT molecular complexity index is 208. The second-order valence-corrected chi connectivity index (χ2v) is 4.68. The molecule has 1 nitrogen and oxygen atoms in total. The normalized spacial score (nSPS) is 28.6. The second-order valence-electron chi connectivity index (χ2n) is 4.68. The molecule has 1 saturated heterocycles. The van der Waals surface area contributed by atoms with E-state index >= 15 is 0 Å². The van der Waals surface area contributed by atoms with Crippen LogP contribution in [0.15, 0.2) is 0 Å². The Balaban J connectivity index is 0.00000112. The number of halogens is 3. The molecule has 1 saturated carbocycles. The summed E-state index contributed by atoms with van der Waals surface area (Å²) < 4.78 is 36.7. The van der Waals surface area contributed by atoms with Gasteiger partial charge in [-0.15, -0.1) is 0 Å². The first kappa shape index (κ1) is 14.5. The van der Waals surface area contributed by atoms with E-state index in [1.54, 1.807) is 0 Å². The minimum Gasteiger partial charge on any atom is -0.449 e. The average molecular weight is 245 g/mol. The SMILES string of the molecule is F[B-](F)(F)CC1CCCN(C2CC2)C1.[K+]. The maximum absolute atomic E-state index is 12.2. The topological polar surface area (TPSA) is 3.24 Å². The molecule has 0 aromatic heterocycles. The van der Waals surface area contributed by atoms with E-state index in [4.69, 9.17) is 0 Å². The summed E-state index contributed by atoms with van der Waals surface area (Å²) in [4.78, 5) is 2.26. The first-order chi connectivity index (χ1) is 6.54. The molecular formula is C9H16BF3KN. The molecule has 0 radical (unpaired) electrons. The van der Waals surface area contributed by atoms with E-state index in [0.29, 0.717) is 12.6 Å². The van der Waals surface area contributed by atoms with Crippen molar-refractivity contribution in [3.8, 4) is 0 Å². The van der Waals surface area contributed by atoms with E-state index in [0.717, 1.165) is 19.4 Å². The van der Waals surface area contributed by atoms with Gasteiger partial charge in [0.1, 0.15) is 0 Å². The minimum atomic E-state index is -4.58. The van der Waals surface area contributed by atoms with Crippen molar-refractivity contribution >= 4 is 6.98 Å². The molecule has 1 heterocycles. The molecule has 82 valence electrons. The van der Waals surface area contributed by atoms with Gasteiger partial charge in [0.15, 0.2) is 0 Å². The first-order valence-electron chi connectivity index (χ1n) is 5.49. The van der Waals surface area contributed by atoms with Gasteiger partial charge < -0.3 is 17.8 Å². The van der Waals surface area contributed by atoms with Gasteiger partial charge in [0.05, 0.1) is 0 Å². The molecule has 15 heavy (non-hydrogen) atoms. The zero-order valence-electron chi connectivity index (χ0n) is 9.26. The number of likely N-dealkylation sites (tertiary alicyclic amines) is 1. The van der Waals surface area contributed by atoms with E-state index in [2.05, 4.69) is 4.90 Å². The summed E-state index contributed by atoms with van der Waals surface area (Å²) in [6.45, 7) is -2.87. The smallest absolute Gasteiger partial charge is 0.449 e. The van der Waals surface area contributed by atoms with Crippen LogP contribution in [0.2, 0.25) is 6.32 Å². The Morgan fingerprint density at radius 1 is 1.13 bits per heavy atom. The fraction of sp³-hybridized carbons (Fsp3) is 1.00. The summed E-state index contributed by atoms with van der Waals surface area (Å²) in [6, 6.07) is 0.624. The summed E-state index contributed by atoms with van der Waals surface area (Å²) >= 11 is 0. The molecule has 2 fully saturated rings. The fourth-order valence-corrected chi connectivity index (χ4v) is 2.44. The molecule has 0 spiro atoms. The number of rotatable bonds is 3. The van der Waals surface area contributed by atoms with Gasteiger partial charge in [-0.25, -0.2) is 0 Å². The van der Waals surface area contributed by atoms with Gasteiger partial charge >= 0.3 is 58.4 Å². The maximum atomic E-state index is 12.2. The number of piperidine rings is 1. The summed E-state index contributed by atoms with van der Waals surface area (Å²) in [7, 11) is 0. The largest absolute Gasteiger partial charge is 1.00 e. The van der Waals surface area contributed by atoms with Crippen LogP contribution in [-0.2, 0) is 0 Å². The Labute approximate surface area is 132 Å². The van der Waals surface area contributed by atoms with Crippen molar-refractivity contribution < 1.29 is 64.3 Å². The average Bonchev–Trinajstić information content (AvgIpc) is 2.83. The summed E-state index contributed by atoms with van der Waals surface area (Å²) in [5.41, 5.74) is 0. The van der Waals surface area contributed by atoms with Crippen LogP contribution in [0.1, 0.15) is 25.7 Å². The maximum Gasteiger partial charge on any atom is 1.00 e. The molecule has 0 aromatic carbocycles. The molecule has 1 unspecified atom stereocenters. The zero-order chi connectivity index (χ0) is 10.2. The predicted octanol–water partition coefficient (Wildman–Crippen LogP) is -0.288. The van der Waals surface area contributed by atoms with Crippen LogP contribution >= 0.6 is 0 Å². The van der Waals surface area contributed by atoms with Gasteiger partial charge in [-0.05, 0) is 32.4 Å². The Kier molecular flexibility index (Phi) is 5.68. The molecule has 0 N–H and O–H groups in total. The van der Waals surface area contributed by atoms with Crippen molar-refractivity contribution in [2.75, 3.05) is 13.1 Å². The monoisotopic (exact) mass is 245 g/mol. The molecule has 0 amide bonds. The third kappa shape index (κ3) is 5.08. The number of hydrogen-bond donors (Lipinski definition) is 0. The molecule has 6 heteroatoms. The van der Waals surface area contributed by atoms with Crippen LogP contribution in [0, 0.1) is 5.92 Å². The summed E-state index contributed by atoms with van der Waals surface area (Å²) in [6.07, 6.45) is 3.59. The molecule has 0 aromatic rings. The van der Waals surface area contributed by atoms with E-state index in [1.807, 2.05) is 0 Å². The van der Waals surface area contributed by atoms with Crippen LogP contribution in [0.25, 0.3) is 0 Å². The third-order valence-corrected chi connectivity index (χ3v) is 3.21. The van der Waals surface area contributed by atoms with Crippen molar-refractivity contribution in [2.45, 2.75) is 38.0 Å². The van der Waals surface area contributed by atoms with Crippen LogP contribution < -0.4 is 51.4 Å².